The molecule has 12 nitrogen and oxygen atoms in total. The van der Waals surface area contributed by atoms with Gasteiger partial charge in [0.15, 0.2) is 46.0 Å². The smallest absolute Gasteiger partial charge is 0.231 e. The van der Waals surface area contributed by atoms with Crippen LogP contribution in [-0.2, 0) is 25.7 Å². The standard InChI is InChI=1S/C42H48N2O10/c1-43-12-10-24-27(19-35-40(38(24)48-6)53-21-52-35)28(43)15-23-17-31(45-3)33(47-5)20-30(23)54-34-16-22-14-29-36-25(11-13-44(29)2)39(49-7)42(51-9)41(50-8)37(36)26(22)18-32(34)46-4/h16-20,28-29H,10-15,21H2,1-9H3. The Morgan fingerprint density at radius 1 is 0.630 bits per heavy atom. The molecule has 3 heterocycles. The molecule has 0 N–H and O–H groups in total. The molecular weight excluding hydrogens is 692 g/mol. The zero-order valence-electron chi connectivity index (χ0n) is 32.5. The first-order chi connectivity index (χ1) is 26.3. The minimum Gasteiger partial charge on any atom is -0.493 e. The molecule has 0 saturated heterocycles. The maximum Gasteiger partial charge on any atom is 0.231 e. The third-order valence-corrected chi connectivity index (χ3v) is 11.5. The SMILES string of the molecule is COc1cc(CC2c3cc4c(c(OC)c3CCN2C)OCO4)c(Oc2cc3c(cc2OC)-c2c(OC)c(OC)c(OC)c4c2C(C3)N(C)CC4)cc1OC. The van der Waals surface area contributed by atoms with Crippen molar-refractivity contribution in [1.82, 2.24) is 9.80 Å². The lowest BCUT2D eigenvalue weighted by Crippen LogP contribution is -2.36. The van der Waals surface area contributed by atoms with Crippen molar-refractivity contribution in [2.24, 2.45) is 0 Å². The maximum absolute atomic E-state index is 6.94. The number of methoxy groups -OCH3 is 7. The van der Waals surface area contributed by atoms with Gasteiger partial charge in [0.1, 0.15) is 5.75 Å². The van der Waals surface area contributed by atoms with Crippen LogP contribution in [0.3, 0.4) is 0 Å². The van der Waals surface area contributed by atoms with Gasteiger partial charge < -0.3 is 47.4 Å². The van der Waals surface area contributed by atoms with E-state index in [1.807, 2.05) is 12.1 Å². The average Bonchev–Trinajstić information content (AvgIpc) is 3.67. The van der Waals surface area contributed by atoms with Crippen LogP contribution in [0.25, 0.3) is 11.1 Å². The molecule has 0 fully saturated rings. The summed E-state index contributed by atoms with van der Waals surface area (Å²) in [6.07, 6.45) is 3.04. The Morgan fingerprint density at radius 3 is 2.00 bits per heavy atom. The molecule has 0 radical (unpaired) electrons. The second-order valence-corrected chi connectivity index (χ2v) is 14.1. The second kappa shape index (κ2) is 14.2. The van der Waals surface area contributed by atoms with Crippen molar-refractivity contribution in [3.05, 3.63) is 63.7 Å². The number of likely N-dealkylation sites (N-methyl/N-ethyl adjacent to an activating group) is 2. The van der Waals surface area contributed by atoms with Crippen LogP contribution in [0.2, 0.25) is 0 Å². The fraction of sp³-hybridized carbons (Fsp3) is 0.429. The first-order valence-corrected chi connectivity index (χ1v) is 18.2. The van der Waals surface area contributed by atoms with E-state index in [1.54, 1.807) is 49.8 Å². The minimum absolute atomic E-state index is 0.0185. The van der Waals surface area contributed by atoms with Gasteiger partial charge in [0, 0.05) is 53.5 Å². The number of ether oxygens (including phenoxy) is 10. The van der Waals surface area contributed by atoms with Crippen LogP contribution < -0.4 is 47.4 Å². The van der Waals surface area contributed by atoms with Crippen molar-refractivity contribution in [3.63, 3.8) is 0 Å². The zero-order chi connectivity index (χ0) is 37.8. The molecule has 54 heavy (non-hydrogen) atoms. The number of benzene rings is 4. The first kappa shape index (κ1) is 35.8. The summed E-state index contributed by atoms with van der Waals surface area (Å²) in [5.74, 6) is 7.06. The minimum atomic E-state index is -0.0185. The van der Waals surface area contributed by atoms with Crippen molar-refractivity contribution >= 4 is 0 Å². The normalized spacial score (nSPS) is 18.2. The fourth-order valence-corrected chi connectivity index (χ4v) is 8.87. The quantitative estimate of drug-likeness (QED) is 0.162. The molecule has 4 aromatic rings. The van der Waals surface area contributed by atoms with Gasteiger partial charge in [-0.2, -0.15) is 0 Å². The molecular formula is C42H48N2O10. The van der Waals surface area contributed by atoms with Crippen LogP contribution in [0.1, 0.15) is 45.5 Å². The highest BCUT2D eigenvalue weighted by Gasteiger charge is 2.40. The Hall–Kier alpha value is -5.20. The summed E-state index contributed by atoms with van der Waals surface area (Å²) in [6.45, 7) is 1.90. The molecule has 2 atom stereocenters. The van der Waals surface area contributed by atoms with E-state index in [0.717, 1.165) is 82.8 Å². The lowest BCUT2D eigenvalue weighted by molar-refractivity contribution is 0.171. The molecule has 2 unspecified atom stereocenters. The lowest BCUT2D eigenvalue weighted by Gasteiger charge is -2.41. The summed E-state index contributed by atoms with van der Waals surface area (Å²) < 4.78 is 60.2. The molecule has 4 aromatic carbocycles. The van der Waals surface area contributed by atoms with E-state index >= 15 is 0 Å². The largest absolute Gasteiger partial charge is 0.493 e. The molecule has 8 rings (SSSR count). The maximum atomic E-state index is 6.94. The average molecular weight is 741 g/mol. The summed E-state index contributed by atoms with van der Waals surface area (Å²) in [4.78, 5) is 4.75. The van der Waals surface area contributed by atoms with Crippen molar-refractivity contribution in [1.29, 1.82) is 0 Å². The van der Waals surface area contributed by atoms with Crippen LogP contribution in [0, 0.1) is 0 Å². The van der Waals surface area contributed by atoms with Crippen LogP contribution in [0.4, 0.5) is 0 Å². The monoisotopic (exact) mass is 740 g/mol. The number of hydrogen-bond acceptors (Lipinski definition) is 12. The van der Waals surface area contributed by atoms with Gasteiger partial charge >= 0.3 is 0 Å². The Balaban J connectivity index is 1.25. The van der Waals surface area contributed by atoms with Gasteiger partial charge in [-0.1, -0.05) is 0 Å². The highest BCUT2D eigenvalue weighted by molar-refractivity contribution is 5.87. The summed E-state index contributed by atoms with van der Waals surface area (Å²) in [5.41, 5.74) is 8.69. The van der Waals surface area contributed by atoms with Crippen molar-refractivity contribution < 1.29 is 47.4 Å². The van der Waals surface area contributed by atoms with Gasteiger partial charge in [0.25, 0.3) is 0 Å². The Labute approximate surface area is 316 Å². The van der Waals surface area contributed by atoms with Crippen LogP contribution in [-0.4, -0.2) is 93.5 Å². The van der Waals surface area contributed by atoms with E-state index in [0.29, 0.717) is 58.2 Å². The molecule has 0 aromatic heterocycles. The molecule has 0 amide bonds. The zero-order valence-corrected chi connectivity index (χ0v) is 32.5. The van der Waals surface area contributed by atoms with Crippen LogP contribution in [0.5, 0.6) is 63.2 Å². The highest BCUT2D eigenvalue weighted by atomic mass is 16.7. The number of hydrogen-bond donors (Lipinski definition) is 0. The number of fused-ring (bicyclic) bond motifs is 4. The summed E-state index contributed by atoms with van der Waals surface area (Å²) in [6, 6.07) is 10.2. The Kier molecular flexibility index (Phi) is 9.43. The van der Waals surface area contributed by atoms with E-state index < -0.39 is 0 Å². The van der Waals surface area contributed by atoms with E-state index in [-0.39, 0.29) is 18.9 Å². The van der Waals surface area contributed by atoms with E-state index in [4.69, 9.17) is 47.4 Å². The summed E-state index contributed by atoms with van der Waals surface area (Å²) in [5, 5.41) is 0. The van der Waals surface area contributed by atoms with Crippen LogP contribution >= 0.6 is 0 Å². The highest BCUT2D eigenvalue weighted by Crippen LogP contribution is 2.58. The van der Waals surface area contributed by atoms with E-state index in [1.165, 1.54) is 5.56 Å². The van der Waals surface area contributed by atoms with Gasteiger partial charge in [-0.3, -0.25) is 9.80 Å². The van der Waals surface area contributed by atoms with Gasteiger partial charge in [-0.15, -0.1) is 0 Å². The lowest BCUT2D eigenvalue weighted by atomic mass is 9.76. The number of nitrogens with zero attached hydrogens (tertiary/aromatic N) is 2. The second-order valence-electron chi connectivity index (χ2n) is 14.1. The molecule has 0 saturated carbocycles. The van der Waals surface area contributed by atoms with E-state index in [9.17, 15) is 0 Å². The van der Waals surface area contributed by atoms with Crippen molar-refractivity contribution in [2.75, 3.05) is 83.7 Å². The Bertz CT molecular complexity index is 2120. The van der Waals surface area contributed by atoms with Gasteiger partial charge in [0.05, 0.1) is 49.8 Å². The molecule has 12 heteroatoms. The van der Waals surface area contributed by atoms with Crippen LogP contribution in [0.15, 0.2) is 30.3 Å². The molecule has 4 aliphatic rings. The predicted molar refractivity (Wildman–Crippen MR) is 202 cm³/mol. The van der Waals surface area contributed by atoms with E-state index in [2.05, 4.69) is 42.1 Å². The van der Waals surface area contributed by atoms with Crippen molar-refractivity contribution in [3.8, 4) is 74.4 Å². The molecule has 3 aliphatic heterocycles. The third-order valence-electron chi connectivity index (χ3n) is 11.5. The van der Waals surface area contributed by atoms with Gasteiger partial charge in [-0.25, -0.2) is 0 Å². The van der Waals surface area contributed by atoms with Gasteiger partial charge in [0.2, 0.25) is 18.3 Å². The Morgan fingerprint density at radius 2 is 1.30 bits per heavy atom. The molecule has 1 aliphatic carbocycles. The molecule has 0 bridgehead atoms. The predicted octanol–water partition coefficient (Wildman–Crippen LogP) is 6.79. The molecule has 286 valence electrons. The summed E-state index contributed by atoms with van der Waals surface area (Å²) >= 11 is 0. The summed E-state index contributed by atoms with van der Waals surface area (Å²) in [7, 11) is 16.0. The molecule has 0 spiro atoms. The topological polar surface area (TPSA) is 98.8 Å². The first-order valence-electron chi connectivity index (χ1n) is 18.2. The fourth-order valence-electron chi connectivity index (χ4n) is 8.87. The van der Waals surface area contributed by atoms with Gasteiger partial charge in [-0.05, 0) is 86.3 Å². The van der Waals surface area contributed by atoms with Crippen molar-refractivity contribution in [2.45, 2.75) is 37.8 Å². The third kappa shape index (κ3) is 5.57. The number of rotatable bonds is 11.